The zero-order valence-corrected chi connectivity index (χ0v) is 9.87. The van der Waals surface area contributed by atoms with Gasteiger partial charge in [-0.1, -0.05) is 30.3 Å². The van der Waals surface area contributed by atoms with Gasteiger partial charge in [0.05, 0.1) is 12.9 Å². The number of furan rings is 1. The lowest BCUT2D eigenvalue weighted by Crippen LogP contribution is -2.29. The molecule has 0 bridgehead atoms. The molecule has 0 saturated carbocycles. The van der Waals surface area contributed by atoms with Crippen LogP contribution in [0.4, 0.5) is 0 Å². The van der Waals surface area contributed by atoms with Crippen molar-refractivity contribution in [2.75, 3.05) is 0 Å². The third-order valence-corrected chi connectivity index (χ3v) is 4.32. The Bertz CT molecular complexity index is 383. The van der Waals surface area contributed by atoms with Crippen LogP contribution in [0.5, 0.6) is 0 Å². The van der Waals surface area contributed by atoms with Crippen molar-refractivity contribution in [1.82, 2.24) is 0 Å². The van der Waals surface area contributed by atoms with E-state index in [0.29, 0.717) is 6.61 Å². The Balaban J connectivity index is 1.90. The average Bonchev–Trinajstić information content (AvgIpc) is 2.80. The Labute approximate surface area is 91.2 Å². The minimum atomic E-state index is -1.27. The maximum Gasteiger partial charge on any atom is 0.205 e. The fraction of sp³-hybridized carbons (Fsp3) is 0.167. The largest absolute Gasteiger partial charge is 0.467 e. The molecule has 0 amide bonds. The Morgan fingerprint density at radius 2 is 1.93 bits per heavy atom. The molecule has 2 nitrogen and oxygen atoms in total. The van der Waals surface area contributed by atoms with Crippen molar-refractivity contribution in [1.29, 1.82) is 0 Å². The molecule has 78 valence electrons. The highest BCUT2D eigenvalue weighted by atomic mass is 28.3. The molecule has 2 aromatic rings. The number of hydrogen-bond donors (Lipinski definition) is 0. The van der Waals surface area contributed by atoms with Crippen LogP contribution in [0.1, 0.15) is 5.76 Å². The first-order chi connectivity index (χ1) is 7.36. The molecule has 0 spiro atoms. The SMILES string of the molecule is C[SiH](OCc1ccco1)c1ccccc1. The van der Waals surface area contributed by atoms with Gasteiger partial charge in [-0.2, -0.15) is 0 Å². The Morgan fingerprint density at radius 3 is 2.60 bits per heavy atom. The van der Waals surface area contributed by atoms with Gasteiger partial charge in [0.15, 0.2) is 0 Å². The first kappa shape index (κ1) is 10.2. The summed E-state index contributed by atoms with van der Waals surface area (Å²) in [7, 11) is -1.27. The minimum Gasteiger partial charge on any atom is -0.467 e. The van der Waals surface area contributed by atoms with Crippen LogP contribution >= 0.6 is 0 Å². The lowest BCUT2D eigenvalue weighted by atomic mass is 10.4. The van der Waals surface area contributed by atoms with Crippen LogP contribution in [0.15, 0.2) is 53.1 Å². The molecule has 3 heteroatoms. The number of rotatable bonds is 4. The smallest absolute Gasteiger partial charge is 0.205 e. The molecule has 1 heterocycles. The van der Waals surface area contributed by atoms with Crippen LogP contribution in [0.25, 0.3) is 0 Å². The number of benzene rings is 1. The summed E-state index contributed by atoms with van der Waals surface area (Å²) in [6.07, 6.45) is 1.67. The Morgan fingerprint density at radius 1 is 1.13 bits per heavy atom. The maximum atomic E-state index is 5.82. The molecule has 1 atom stereocenters. The lowest BCUT2D eigenvalue weighted by Gasteiger charge is -2.10. The molecule has 0 saturated heterocycles. The van der Waals surface area contributed by atoms with Crippen LogP contribution in [0, 0.1) is 0 Å². The van der Waals surface area contributed by atoms with Crippen molar-refractivity contribution in [3.63, 3.8) is 0 Å². The molecule has 2 rings (SSSR count). The first-order valence-corrected chi connectivity index (χ1v) is 7.25. The monoisotopic (exact) mass is 218 g/mol. The average molecular weight is 218 g/mol. The standard InChI is InChI=1S/C12H14O2Si/c1-15(12-7-3-2-4-8-12)14-10-11-6-5-9-13-11/h2-9,15H,10H2,1H3. The van der Waals surface area contributed by atoms with E-state index < -0.39 is 9.04 Å². The maximum absolute atomic E-state index is 5.82. The van der Waals surface area contributed by atoms with Gasteiger partial charge < -0.3 is 8.84 Å². The fourth-order valence-corrected chi connectivity index (χ4v) is 2.79. The highest BCUT2D eigenvalue weighted by Gasteiger charge is 2.08. The van der Waals surface area contributed by atoms with Crippen LogP contribution in [-0.2, 0) is 11.0 Å². The van der Waals surface area contributed by atoms with E-state index in [1.54, 1.807) is 6.26 Å². The van der Waals surface area contributed by atoms with Gasteiger partial charge in [0.25, 0.3) is 0 Å². The molecular weight excluding hydrogens is 204 g/mol. The van der Waals surface area contributed by atoms with Gasteiger partial charge in [0.1, 0.15) is 5.76 Å². The van der Waals surface area contributed by atoms with E-state index >= 15 is 0 Å². The van der Waals surface area contributed by atoms with Crippen molar-refractivity contribution in [3.05, 3.63) is 54.5 Å². The summed E-state index contributed by atoms with van der Waals surface area (Å²) in [6.45, 7) is 2.76. The predicted molar refractivity (Wildman–Crippen MR) is 62.6 cm³/mol. The zero-order valence-electron chi connectivity index (χ0n) is 8.72. The summed E-state index contributed by atoms with van der Waals surface area (Å²) in [5, 5.41) is 1.32. The van der Waals surface area contributed by atoms with E-state index in [1.165, 1.54) is 5.19 Å². The second-order valence-electron chi connectivity index (χ2n) is 3.44. The van der Waals surface area contributed by atoms with Crippen LogP contribution in [0.2, 0.25) is 6.55 Å². The first-order valence-electron chi connectivity index (χ1n) is 5.05. The topological polar surface area (TPSA) is 22.4 Å². The summed E-state index contributed by atoms with van der Waals surface area (Å²) < 4.78 is 11.0. The van der Waals surface area contributed by atoms with Gasteiger partial charge in [-0.25, -0.2) is 0 Å². The van der Waals surface area contributed by atoms with E-state index in [4.69, 9.17) is 8.84 Å². The second-order valence-corrected chi connectivity index (χ2v) is 5.73. The summed E-state index contributed by atoms with van der Waals surface area (Å²) >= 11 is 0. The van der Waals surface area contributed by atoms with Crippen LogP contribution in [-0.4, -0.2) is 9.04 Å². The Hall–Kier alpha value is -1.32. The predicted octanol–water partition coefficient (Wildman–Crippen LogP) is 2.06. The van der Waals surface area contributed by atoms with Crippen LogP contribution < -0.4 is 5.19 Å². The van der Waals surface area contributed by atoms with E-state index in [-0.39, 0.29) is 0 Å². The van der Waals surface area contributed by atoms with Gasteiger partial charge in [-0.15, -0.1) is 0 Å². The van der Waals surface area contributed by atoms with Gasteiger partial charge in [-0.3, -0.25) is 0 Å². The van der Waals surface area contributed by atoms with Crippen molar-refractivity contribution in [2.24, 2.45) is 0 Å². The van der Waals surface area contributed by atoms with E-state index in [1.807, 2.05) is 18.2 Å². The normalized spacial score (nSPS) is 12.6. The van der Waals surface area contributed by atoms with Gasteiger partial charge in [0, 0.05) is 0 Å². The molecule has 1 aromatic carbocycles. The molecular formula is C12H14O2Si. The second kappa shape index (κ2) is 4.96. The van der Waals surface area contributed by atoms with E-state index in [2.05, 4.69) is 30.8 Å². The molecule has 0 radical (unpaired) electrons. The van der Waals surface area contributed by atoms with Crippen molar-refractivity contribution in [3.8, 4) is 0 Å². The lowest BCUT2D eigenvalue weighted by molar-refractivity contribution is 0.278. The molecule has 0 N–H and O–H groups in total. The summed E-state index contributed by atoms with van der Waals surface area (Å²) in [6, 6.07) is 14.2. The van der Waals surface area contributed by atoms with E-state index in [9.17, 15) is 0 Å². The van der Waals surface area contributed by atoms with Crippen molar-refractivity contribution in [2.45, 2.75) is 13.2 Å². The van der Waals surface area contributed by atoms with Crippen LogP contribution in [0.3, 0.4) is 0 Å². The summed E-state index contributed by atoms with van der Waals surface area (Å²) in [5.74, 6) is 0.894. The van der Waals surface area contributed by atoms with Gasteiger partial charge in [0.2, 0.25) is 9.04 Å². The van der Waals surface area contributed by atoms with Crippen molar-refractivity contribution < 1.29 is 8.84 Å². The fourth-order valence-electron chi connectivity index (χ4n) is 1.42. The minimum absolute atomic E-state index is 0.579. The molecule has 1 aromatic heterocycles. The third kappa shape index (κ3) is 2.81. The molecule has 15 heavy (non-hydrogen) atoms. The summed E-state index contributed by atoms with van der Waals surface area (Å²) in [4.78, 5) is 0. The molecule has 1 unspecified atom stereocenters. The zero-order chi connectivity index (χ0) is 10.5. The molecule has 0 aliphatic heterocycles. The van der Waals surface area contributed by atoms with Gasteiger partial charge in [-0.05, 0) is 23.9 Å². The molecule has 0 aliphatic rings. The van der Waals surface area contributed by atoms with Gasteiger partial charge >= 0.3 is 0 Å². The quantitative estimate of drug-likeness (QED) is 0.733. The Kier molecular flexibility index (Phi) is 3.37. The van der Waals surface area contributed by atoms with E-state index in [0.717, 1.165) is 5.76 Å². The number of hydrogen-bond acceptors (Lipinski definition) is 2. The van der Waals surface area contributed by atoms with Crippen molar-refractivity contribution >= 4 is 14.2 Å². The molecule has 0 fully saturated rings. The highest BCUT2D eigenvalue weighted by Crippen LogP contribution is 2.03. The third-order valence-electron chi connectivity index (χ3n) is 2.32. The summed E-state index contributed by atoms with van der Waals surface area (Å²) in [5.41, 5.74) is 0. The molecule has 0 aliphatic carbocycles. The highest BCUT2D eigenvalue weighted by molar-refractivity contribution is 6.66.